The van der Waals surface area contributed by atoms with Crippen LogP contribution >= 0.6 is 15.6 Å². The number of carbonyl (C=O) groups is 4. The van der Waals surface area contributed by atoms with Crippen molar-refractivity contribution in [2.24, 2.45) is 17.8 Å². The predicted octanol–water partition coefficient (Wildman–Crippen LogP) is 23.0. The molecule has 0 aliphatic carbocycles. The summed E-state index contributed by atoms with van der Waals surface area (Å²) in [5.74, 6) is 0.122. The molecule has 0 aromatic carbocycles. The number of esters is 4. The summed E-state index contributed by atoms with van der Waals surface area (Å²) in [5, 5.41) is 10.6. The van der Waals surface area contributed by atoms with E-state index in [9.17, 15) is 43.2 Å². The molecule has 6 atom stereocenters. The van der Waals surface area contributed by atoms with Gasteiger partial charge in [0, 0.05) is 25.7 Å². The number of ether oxygens (including phenoxy) is 4. The Morgan fingerprint density at radius 3 is 0.784 bits per heavy atom. The summed E-state index contributed by atoms with van der Waals surface area (Å²) in [4.78, 5) is 72.8. The summed E-state index contributed by atoms with van der Waals surface area (Å²) in [6.07, 6.45) is 55.7. The molecular formula is C78H152O17P2. The first kappa shape index (κ1) is 95.1. The molecule has 0 aromatic rings. The van der Waals surface area contributed by atoms with Crippen molar-refractivity contribution in [2.75, 3.05) is 39.6 Å². The molecule has 0 fully saturated rings. The third-order valence-electron chi connectivity index (χ3n) is 18.5. The summed E-state index contributed by atoms with van der Waals surface area (Å²) in [6.45, 7) is 11.8. The summed E-state index contributed by atoms with van der Waals surface area (Å²) >= 11 is 0. The van der Waals surface area contributed by atoms with E-state index in [2.05, 4.69) is 48.5 Å². The third-order valence-corrected chi connectivity index (χ3v) is 20.4. The zero-order valence-corrected chi connectivity index (χ0v) is 65.3. The van der Waals surface area contributed by atoms with Gasteiger partial charge < -0.3 is 33.8 Å². The van der Waals surface area contributed by atoms with Crippen LogP contribution in [0.15, 0.2) is 0 Å². The molecule has 3 unspecified atom stereocenters. The van der Waals surface area contributed by atoms with Crippen LogP contribution in [0.25, 0.3) is 0 Å². The Bertz CT molecular complexity index is 1890. The molecule has 0 saturated carbocycles. The van der Waals surface area contributed by atoms with Gasteiger partial charge in [0.1, 0.15) is 19.3 Å². The van der Waals surface area contributed by atoms with Gasteiger partial charge in [0.05, 0.1) is 26.4 Å². The first-order valence-electron chi connectivity index (χ1n) is 40.4. The highest BCUT2D eigenvalue weighted by Gasteiger charge is 2.30. The number of phosphoric acid groups is 2. The first-order chi connectivity index (χ1) is 46.8. The van der Waals surface area contributed by atoms with Crippen molar-refractivity contribution in [1.82, 2.24) is 0 Å². The molecule has 0 aliphatic heterocycles. The molecule has 0 bridgehead atoms. The van der Waals surface area contributed by atoms with E-state index in [1.165, 1.54) is 205 Å². The van der Waals surface area contributed by atoms with Crippen molar-refractivity contribution in [1.29, 1.82) is 0 Å². The second-order valence-corrected chi connectivity index (χ2v) is 32.2. The monoisotopic (exact) mass is 1420 g/mol. The van der Waals surface area contributed by atoms with Gasteiger partial charge in [-0.1, -0.05) is 350 Å². The standard InChI is InChI=1S/C78H152O17P2/c1-8-10-11-12-13-14-15-16-17-18-19-20-21-22-23-24-25-33-38-47-54-61-77(82)94-73(65-88-75(80)59-52-45-37-32-29-27-31-36-44-51-58-71(7)9-2)67-92-96(84,85)90-63-72(79)64-91-97(86,87)93-68-74(66-89-76(81)60-53-46-41-40-43-50-57-70(5)6)95-78(83)62-55-48-39-34-28-26-30-35-42-49-56-69(3)4/h69-74,79H,8-68H2,1-7H3,(H,84,85)(H,86,87)/t71?,72-,73-,74-/m1/s1. The van der Waals surface area contributed by atoms with Crippen LogP contribution in [0.1, 0.15) is 402 Å². The van der Waals surface area contributed by atoms with Crippen LogP contribution in [-0.2, 0) is 65.4 Å². The average Bonchev–Trinajstić information content (AvgIpc) is 1.33. The molecule has 3 N–H and O–H groups in total. The van der Waals surface area contributed by atoms with Crippen molar-refractivity contribution in [2.45, 2.75) is 420 Å². The highest BCUT2D eigenvalue weighted by Crippen LogP contribution is 2.45. The van der Waals surface area contributed by atoms with E-state index in [0.717, 1.165) is 108 Å². The van der Waals surface area contributed by atoms with Crippen LogP contribution in [0, 0.1) is 17.8 Å². The topological polar surface area (TPSA) is 237 Å². The van der Waals surface area contributed by atoms with Crippen LogP contribution in [0.3, 0.4) is 0 Å². The minimum absolute atomic E-state index is 0.105. The Balaban J connectivity index is 5.21. The number of aliphatic hydroxyl groups is 1. The molecule has 0 rings (SSSR count). The normalized spacial score (nSPS) is 14.3. The zero-order valence-electron chi connectivity index (χ0n) is 63.5. The highest BCUT2D eigenvalue weighted by atomic mass is 31.2. The Kier molecular flexibility index (Phi) is 67.1. The Labute approximate surface area is 594 Å². The molecule has 0 heterocycles. The first-order valence-corrected chi connectivity index (χ1v) is 43.4. The Hall–Kier alpha value is -1.94. The minimum Gasteiger partial charge on any atom is -0.462 e. The lowest BCUT2D eigenvalue weighted by Crippen LogP contribution is -2.30. The van der Waals surface area contributed by atoms with E-state index < -0.39 is 97.5 Å². The van der Waals surface area contributed by atoms with Gasteiger partial charge >= 0.3 is 39.5 Å². The van der Waals surface area contributed by atoms with Crippen LogP contribution < -0.4 is 0 Å². The highest BCUT2D eigenvalue weighted by molar-refractivity contribution is 7.47. The van der Waals surface area contributed by atoms with Gasteiger partial charge in [0.15, 0.2) is 12.2 Å². The zero-order chi connectivity index (χ0) is 71.6. The van der Waals surface area contributed by atoms with E-state index in [-0.39, 0.29) is 25.7 Å². The number of aliphatic hydroxyl groups excluding tert-OH is 1. The SMILES string of the molecule is CCCCCCCCCCCCCCCCCCCCCCCC(=O)O[C@H](COC(=O)CCCCCCCCCCCCC(C)CC)COP(=O)(O)OC[C@@H](O)COP(=O)(O)OC[C@@H](COC(=O)CCCCCCCCC(C)C)OC(=O)CCCCCCCCCCCCC(C)C. The van der Waals surface area contributed by atoms with E-state index >= 15 is 0 Å². The number of hydrogen-bond acceptors (Lipinski definition) is 15. The van der Waals surface area contributed by atoms with E-state index in [4.69, 9.17) is 37.0 Å². The number of rotatable bonds is 76. The van der Waals surface area contributed by atoms with Crippen LogP contribution in [0.4, 0.5) is 0 Å². The lowest BCUT2D eigenvalue weighted by Gasteiger charge is -2.21. The molecule has 17 nitrogen and oxygen atoms in total. The Morgan fingerprint density at radius 1 is 0.299 bits per heavy atom. The van der Waals surface area contributed by atoms with Gasteiger partial charge in [-0.05, 0) is 43.4 Å². The van der Waals surface area contributed by atoms with Gasteiger partial charge in [-0.2, -0.15) is 0 Å². The maximum atomic E-state index is 13.1. The number of carbonyl (C=O) groups excluding carboxylic acids is 4. The molecule has 0 spiro atoms. The molecule has 0 radical (unpaired) electrons. The summed E-state index contributed by atoms with van der Waals surface area (Å²) < 4.78 is 68.6. The largest absolute Gasteiger partial charge is 0.472 e. The van der Waals surface area contributed by atoms with Gasteiger partial charge in [-0.25, -0.2) is 9.13 Å². The number of unbranched alkanes of at least 4 members (excludes halogenated alkanes) is 43. The fraction of sp³-hybridized carbons (Fsp3) is 0.949. The van der Waals surface area contributed by atoms with E-state index in [1.54, 1.807) is 0 Å². The van der Waals surface area contributed by atoms with Crippen LogP contribution in [-0.4, -0.2) is 96.7 Å². The van der Waals surface area contributed by atoms with Gasteiger partial charge in [-0.15, -0.1) is 0 Å². The second kappa shape index (κ2) is 68.5. The molecule has 97 heavy (non-hydrogen) atoms. The van der Waals surface area contributed by atoms with Crippen molar-refractivity contribution in [3.8, 4) is 0 Å². The molecule has 0 aromatic heterocycles. The van der Waals surface area contributed by atoms with Crippen LogP contribution in [0.2, 0.25) is 0 Å². The lowest BCUT2D eigenvalue weighted by atomic mass is 9.99. The molecular weight excluding hydrogens is 1270 g/mol. The number of hydrogen-bond donors (Lipinski definition) is 3. The second-order valence-electron chi connectivity index (χ2n) is 29.3. The summed E-state index contributed by atoms with van der Waals surface area (Å²) in [7, 11) is -9.91. The quantitative estimate of drug-likeness (QED) is 0.0222. The molecule has 0 amide bonds. The fourth-order valence-corrected chi connectivity index (χ4v) is 13.5. The van der Waals surface area contributed by atoms with E-state index in [0.29, 0.717) is 31.6 Å². The molecule has 19 heteroatoms. The fourth-order valence-electron chi connectivity index (χ4n) is 11.9. The molecule has 0 aliphatic rings. The van der Waals surface area contributed by atoms with Crippen molar-refractivity contribution < 1.29 is 80.2 Å². The lowest BCUT2D eigenvalue weighted by molar-refractivity contribution is -0.161. The minimum atomic E-state index is -4.96. The van der Waals surface area contributed by atoms with E-state index in [1.807, 2.05) is 0 Å². The van der Waals surface area contributed by atoms with Crippen molar-refractivity contribution in [3.05, 3.63) is 0 Å². The van der Waals surface area contributed by atoms with Crippen molar-refractivity contribution >= 4 is 39.5 Å². The summed E-state index contributed by atoms with van der Waals surface area (Å²) in [6, 6.07) is 0. The third kappa shape index (κ3) is 70.9. The maximum Gasteiger partial charge on any atom is 0.472 e. The molecule has 576 valence electrons. The van der Waals surface area contributed by atoms with Gasteiger partial charge in [0.2, 0.25) is 0 Å². The Morgan fingerprint density at radius 2 is 0.526 bits per heavy atom. The number of phosphoric ester groups is 2. The summed E-state index contributed by atoms with van der Waals surface area (Å²) in [5.41, 5.74) is 0. The van der Waals surface area contributed by atoms with Crippen LogP contribution in [0.5, 0.6) is 0 Å². The smallest absolute Gasteiger partial charge is 0.462 e. The van der Waals surface area contributed by atoms with Gasteiger partial charge in [0.25, 0.3) is 0 Å². The average molecular weight is 1420 g/mol. The van der Waals surface area contributed by atoms with Gasteiger partial charge in [-0.3, -0.25) is 37.3 Å². The van der Waals surface area contributed by atoms with Crippen molar-refractivity contribution in [3.63, 3.8) is 0 Å². The molecule has 0 saturated heterocycles. The maximum absolute atomic E-state index is 13.1. The predicted molar refractivity (Wildman–Crippen MR) is 395 cm³/mol.